The van der Waals surface area contributed by atoms with Crippen LogP contribution in [-0.2, 0) is 9.59 Å². The average molecular weight is 318 g/mol. The molecule has 124 valence electrons. The maximum atomic E-state index is 12.8. The molecule has 4 N–H and O–H groups in total. The Kier molecular flexibility index (Phi) is 3.96. The van der Waals surface area contributed by atoms with Gasteiger partial charge in [-0.25, -0.2) is 0 Å². The van der Waals surface area contributed by atoms with E-state index in [4.69, 9.17) is 5.73 Å². The van der Waals surface area contributed by atoms with Gasteiger partial charge in [0.1, 0.15) is 0 Å². The molecule has 1 aliphatic carbocycles. The highest BCUT2D eigenvalue weighted by Crippen LogP contribution is 2.60. The number of nitrogen functional groups attached to an aromatic ring is 1. The monoisotopic (exact) mass is 318 g/mol. The largest absolute Gasteiger partial charge is 0.481 e. The number of hydrogen-bond acceptors (Lipinski definition) is 4. The van der Waals surface area contributed by atoms with Crippen LogP contribution >= 0.6 is 0 Å². The molecule has 0 aliphatic heterocycles. The summed E-state index contributed by atoms with van der Waals surface area (Å²) in [6.45, 7) is 6.93. The highest BCUT2D eigenvalue weighted by atomic mass is 16.4. The van der Waals surface area contributed by atoms with Crippen LogP contribution in [0.2, 0.25) is 0 Å². The molecule has 0 bridgehead atoms. The van der Waals surface area contributed by atoms with Crippen LogP contribution < -0.4 is 11.1 Å². The summed E-state index contributed by atoms with van der Waals surface area (Å²) in [6.07, 6.45) is 0. The molecule has 1 amide bonds. The van der Waals surface area contributed by atoms with Crippen LogP contribution in [0, 0.1) is 17.3 Å². The lowest BCUT2D eigenvalue weighted by atomic mass is 9.91. The zero-order valence-electron chi connectivity index (χ0n) is 13.7. The Balaban J connectivity index is 2.35. The van der Waals surface area contributed by atoms with Crippen molar-refractivity contribution in [2.45, 2.75) is 33.2 Å². The average Bonchev–Trinajstić information content (AvgIpc) is 3.05. The van der Waals surface area contributed by atoms with E-state index in [-0.39, 0.29) is 11.3 Å². The molecule has 6 heteroatoms. The lowest BCUT2D eigenvalue weighted by Gasteiger charge is -2.21. The zero-order chi connectivity index (χ0) is 17.6. The highest BCUT2D eigenvalue weighted by molar-refractivity contribution is 6.13. The Morgan fingerprint density at radius 2 is 1.74 bits per heavy atom. The van der Waals surface area contributed by atoms with Crippen molar-refractivity contribution in [1.82, 2.24) is 5.32 Å². The number of carboxylic acids is 1. The first kappa shape index (κ1) is 17.0. The number of benzene rings is 1. The quantitative estimate of drug-likeness (QED) is 0.578. The first-order valence-electron chi connectivity index (χ1n) is 7.44. The van der Waals surface area contributed by atoms with E-state index in [9.17, 15) is 19.5 Å². The summed E-state index contributed by atoms with van der Waals surface area (Å²) < 4.78 is 0. The Morgan fingerprint density at radius 1 is 1.17 bits per heavy atom. The SMILES string of the molecule is CC(C)(C)NC(=O)[C@H]1[C@@H](C(=O)O)[C@@]1(C)C(=O)c1ccccc1N. The van der Waals surface area contributed by atoms with Crippen molar-refractivity contribution in [2.24, 2.45) is 17.3 Å². The standard InChI is InChI=1S/C17H22N2O4/c1-16(2,3)19-14(21)11-12(15(22)23)17(11,4)13(20)9-7-5-6-8-10(9)18/h5-8,11-12H,18H2,1-4H3,(H,19,21)(H,22,23)/t11-,12+,17+/m1/s1. The van der Waals surface area contributed by atoms with E-state index < -0.39 is 40.4 Å². The van der Waals surface area contributed by atoms with E-state index in [1.54, 1.807) is 45.0 Å². The fourth-order valence-corrected chi connectivity index (χ4v) is 3.06. The van der Waals surface area contributed by atoms with Gasteiger partial charge in [0, 0.05) is 16.8 Å². The summed E-state index contributed by atoms with van der Waals surface area (Å²) in [6, 6.07) is 6.49. The van der Waals surface area contributed by atoms with E-state index in [2.05, 4.69) is 5.32 Å². The van der Waals surface area contributed by atoms with Gasteiger partial charge in [-0.1, -0.05) is 19.1 Å². The minimum absolute atomic E-state index is 0.257. The maximum Gasteiger partial charge on any atom is 0.308 e. The molecule has 23 heavy (non-hydrogen) atoms. The second kappa shape index (κ2) is 5.37. The molecule has 0 heterocycles. The summed E-state index contributed by atoms with van der Waals surface area (Å²) in [7, 11) is 0. The van der Waals surface area contributed by atoms with Crippen LogP contribution in [0.25, 0.3) is 0 Å². The zero-order valence-corrected chi connectivity index (χ0v) is 13.7. The lowest BCUT2D eigenvalue weighted by Crippen LogP contribution is -2.42. The highest BCUT2D eigenvalue weighted by Gasteiger charge is 2.73. The number of anilines is 1. The topological polar surface area (TPSA) is 109 Å². The summed E-state index contributed by atoms with van der Waals surface area (Å²) in [5.41, 5.74) is 4.58. The second-order valence-corrected chi connectivity index (χ2v) is 7.23. The van der Waals surface area contributed by atoms with Gasteiger partial charge in [0.15, 0.2) is 5.78 Å². The van der Waals surface area contributed by atoms with E-state index in [1.807, 2.05) is 0 Å². The van der Waals surface area contributed by atoms with Crippen molar-refractivity contribution in [3.05, 3.63) is 29.8 Å². The molecule has 1 aromatic carbocycles. The molecule has 0 spiro atoms. The van der Waals surface area contributed by atoms with Gasteiger partial charge in [0.2, 0.25) is 5.91 Å². The number of nitrogens with two attached hydrogens (primary N) is 1. The number of amides is 1. The van der Waals surface area contributed by atoms with Gasteiger partial charge in [-0.15, -0.1) is 0 Å². The number of nitrogens with one attached hydrogen (secondary N) is 1. The Bertz CT molecular complexity index is 677. The van der Waals surface area contributed by atoms with Crippen LogP contribution in [0.4, 0.5) is 5.69 Å². The van der Waals surface area contributed by atoms with Crippen LogP contribution in [0.15, 0.2) is 24.3 Å². The van der Waals surface area contributed by atoms with Gasteiger partial charge in [-0.3, -0.25) is 14.4 Å². The normalized spacial score (nSPS) is 26.4. The van der Waals surface area contributed by atoms with Gasteiger partial charge in [-0.2, -0.15) is 0 Å². The molecule has 0 saturated heterocycles. The third-order valence-corrected chi connectivity index (χ3v) is 4.26. The molecule has 1 aliphatic rings. The number of carbonyl (C=O) groups is 3. The minimum Gasteiger partial charge on any atom is -0.481 e. The van der Waals surface area contributed by atoms with E-state index >= 15 is 0 Å². The summed E-state index contributed by atoms with van der Waals surface area (Å²) >= 11 is 0. The molecular weight excluding hydrogens is 296 g/mol. The molecule has 2 rings (SSSR count). The number of ketones is 1. The lowest BCUT2D eigenvalue weighted by molar-refractivity contribution is -0.140. The van der Waals surface area contributed by atoms with Crippen molar-refractivity contribution in [3.8, 4) is 0 Å². The van der Waals surface area contributed by atoms with E-state index in [0.29, 0.717) is 0 Å². The smallest absolute Gasteiger partial charge is 0.308 e. The Labute approximate surface area is 135 Å². The molecule has 1 aromatic rings. The van der Waals surface area contributed by atoms with Gasteiger partial charge in [0.05, 0.1) is 17.3 Å². The predicted octanol–water partition coefficient (Wildman–Crippen LogP) is 1.70. The third kappa shape index (κ3) is 2.93. The number of Topliss-reactive ketones (excluding diaryl/α,β-unsaturated/α-hetero) is 1. The van der Waals surface area contributed by atoms with Crippen molar-refractivity contribution >= 4 is 23.3 Å². The van der Waals surface area contributed by atoms with Gasteiger partial charge < -0.3 is 16.2 Å². The van der Waals surface area contributed by atoms with Crippen LogP contribution in [0.3, 0.4) is 0 Å². The molecule has 1 saturated carbocycles. The molecule has 0 radical (unpaired) electrons. The first-order valence-corrected chi connectivity index (χ1v) is 7.44. The number of aliphatic carboxylic acids is 1. The van der Waals surface area contributed by atoms with Crippen LogP contribution in [-0.4, -0.2) is 28.3 Å². The van der Waals surface area contributed by atoms with Gasteiger partial charge in [0.25, 0.3) is 0 Å². The fourth-order valence-electron chi connectivity index (χ4n) is 3.06. The maximum absolute atomic E-state index is 12.8. The minimum atomic E-state index is -1.28. The molecule has 6 nitrogen and oxygen atoms in total. The van der Waals surface area contributed by atoms with Crippen LogP contribution in [0.1, 0.15) is 38.1 Å². The summed E-state index contributed by atoms with van der Waals surface area (Å²) in [4.78, 5) is 36.8. The van der Waals surface area contributed by atoms with Crippen LogP contribution in [0.5, 0.6) is 0 Å². The van der Waals surface area contributed by atoms with E-state index in [0.717, 1.165) is 0 Å². The van der Waals surface area contributed by atoms with Gasteiger partial charge in [-0.05, 0) is 32.9 Å². The number of carboxylic acid groups (broad SMARTS) is 1. The Hall–Kier alpha value is -2.37. The molecule has 0 aromatic heterocycles. The van der Waals surface area contributed by atoms with E-state index in [1.165, 1.54) is 6.92 Å². The molecule has 0 unspecified atom stereocenters. The first-order chi connectivity index (χ1) is 10.5. The van der Waals surface area contributed by atoms with Crippen molar-refractivity contribution in [2.75, 3.05) is 5.73 Å². The molecular formula is C17H22N2O4. The van der Waals surface area contributed by atoms with Crippen molar-refractivity contribution in [1.29, 1.82) is 0 Å². The third-order valence-electron chi connectivity index (χ3n) is 4.26. The number of carbonyl (C=O) groups excluding carboxylic acids is 2. The number of hydrogen-bond donors (Lipinski definition) is 3. The van der Waals surface area contributed by atoms with Gasteiger partial charge >= 0.3 is 5.97 Å². The second-order valence-electron chi connectivity index (χ2n) is 7.23. The number of para-hydroxylation sites is 1. The Morgan fingerprint density at radius 3 is 2.22 bits per heavy atom. The number of rotatable bonds is 4. The molecule has 3 atom stereocenters. The van der Waals surface area contributed by atoms with Crippen molar-refractivity contribution in [3.63, 3.8) is 0 Å². The summed E-state index contributed by atoms with van der Waals surface area (Å²) in [5.74, 6) is -3.92. The fraction of sp³-hybridized carbons (Fsp3) is 0.471. The predicted molar refractivity (Wildman–Crippen MR) is 85.8 cm³/mol. The molecule has 1 fully saturated rings. The van der Waals surface area contributed by atoms with Crippen molar-refractivity contribution < 1.29 is 19.5 Å². The summed E-state index contributed by atoms with van der Waals surface area (Å²) in [5, 5.41) is 12.2.